The van der Waals surface area contributed by atoms with E-state index in [1.54, 1.807) is 22.7 Å². The van der Waals surface area contributed by atoms with E-state index in [4.69, 9.17) is 0 Å². The number of nitrogens with one attached hydrogen (secondary N) is 2. The van der Waals surface area contributed by atoms with Crippen LogP contribution in [0.2, 0.25) is 0 Å². The molecular formula is C13H19N3S2. The summed E-state index contributed by atoms with van der Waals surface area (Å²) >= 11 is 3.44. The van der Waals surface area contributed by atoms with Gasteiger partial charge in [-0.1, -0.05) is 37.2 Å². The van der Waals surface area contributed by atoms with E-state index in [-0.39, 0.29) is 0 Å². The van der Waals surface area contributed by atoms with Gasteiger partial charge in [0.25, 0.3) is 0 Å². The summed E-state index contributed by atoms with van der Waals surface area (Å²) < 4.78 is 0. The summed E-state index contributed by atoms with van der Waals surface area (Å²) in [6.07, 6.45) is 3.72. The molecule has 0 radical (unpaired) electrons. The van der Waals surface area contributed by atoms with Crippen molar-refractivity contribution in [3.8, 4) is 9.88 Å². The van der Waals surface area contributed by atoms with E-state index in [0.717, 1.165) is 22.4 Å². The van der Waals surface area contributed by atoms with Crippen molar-refractivity contribution < 1.29 is 0 Å². The highest BCUT2D eigenvalue weighted by Gasteiger charge is 2.11. The van der Waals surface area contributed by atoms with Gasteiger partial charge in [0.1, 0.15) is 10.0 Å². The second-order valence-electron chi connectivity index (χ2n) is 4.06. The van der Waals surface area contributed by atoms with E-state index in [9.17, 15) is 0 Å². The van der Waals surface area contributed by atoms with Crippen LogP contribution in [0.25, 0.3) is 9.88 Å². The molecule has 0 atom stereocenters. The lowest BCUT2D eigenvalue weighted by Crippen LogP contribution is -2.03. The first-order chi connectivity index (χ1) is 8.85. The molecule has 2 aromatic rings. The lowest BCUT2D eigenvalue weighted by Gasteiger charge is -2.04. The number of nitrogens with zero attached hydrogens (tertiary/aromatic N) is 1. The van der Waals surface area contributed by atoms with Crippen LogP contribution >= 0.6 is 22.7 Å². The van der Waals surface area contributed by atoms with Gasteiger partial charge in [0.15, 0.2) is 5.82 Å². The molecule has 98 valence electrons. The molecule has 3 nitrogen and oxygen atoms in total. The van der Waals surface area contributed by atoms with E-state index in [1.807, 2.05) is 7.05 Å². The van der Waals surface area contributed by atoms with Crippen LogP contribution in [0.5, 0.6) is 0 Å². The fourth-order valence-corrected chi connectivity index (χ4v) is 3.39. The molecule has 2 aromatic heterocycles. The molecule has 0 aliphatic carbocycles. The normalized spacial score (nSPS) is 10.6. The summed E-state index contributed by atoms with van der Waals surface area (Å²) in [6, 6.07) is 4.18. The number of hydrogen-bond donors (Lipinski definition) is 2. The van der Waals surface area contributed by atoms with Gasteiger partial charge in [-0.2, -0.15) is 0 Å². The minimum atomic E-state index is 0.988. The van der Waals surface area contributed by atoms with Gasteiger partial charge in [0.05, 0.1) is 4.88 Å². The molecule has 2 heterocycles. The van der Waals surface area contributed by atoms with Crippen molar-refractivity contribution in [2.45, 2.75) is 26.2 Å². The van der Waals surface area contributed by atoms with Crippen molar-refractivity contribution in [3.63, 3.8) is 0 Å². The van der Waals surface area contributed by atoms with Crippen LogP contribution in [0.15, 0.2) is 17.5 Å². The van der Waals surface area contributed by atoms with Gasteiger partial charge >= 0.3 is 0 Å². The smallest absolute Gasteiger partial charge is 0.161 e. The molecule has 0 saturated heterocycles. The molecule has 2 rings (SSSR count). The maximum atomic E-state index is 4.68. The minimum absolute atomic E-state index is 0.988. The molecule has 0 aliphatic rings. The Hall–Kier alpha value is -1.07. The highest BCUT2D eigenvalue weighted by molar-refractivity contribution is 7.23. The average Bonchev–Trinajstić information content (AvgIpc) is 3.03. The zero-order chi connectivity index (χ0) is 12.8. The predicted octanol–water partition coefficient (Wildman–Crippen LogP) is 4.52. The van der Waals surface area contributed by atoms with Crippen molar-refractivity contribution in [2.24, 2.45) is 0 Å². The minimum Gasteiger partial charge on any atom is -0.377 e. The van der Waals surface area contributed by atoms with E-state index < -0.39 is 0 Å². The first-order valence-corrected chi connectivity index (χ1v) is 8.01. The highest BCUT2D eigenvalue weighted by Crippen LogP contribution is 2.36. The number of thiophene rings is 1. The summed E-state index contributed by atoms with van der Waals surface area (Å²) in [5.74, 6) is 0.988. The van der Waals surface area contributed by atoms with Gasteiger partial charge in [-0.3, -0.25) is 0 Å². The monoisotopic (exact) mass is 281 g/mol. The standard InChI is InChI=1S/C13H19N3S2/c1-3-4-5-8-15-11-13(14-2)18-12(16-11)10-7-6-9-17-10/h6-7,9,14-15H,3-5,8H2,1-2H3. The van der Waals surface area contributed by atoms with Crippen molar-refractivity contribution in [1.29, 1.82) is 0 Å². The van der Waals surface area contributed by atoms with Crippen LogP contribution in [-0.4, -0.2) is 18.6 Å². The number of thiazole rings is 1. The molecule has 5 heteroatoms. The summed E-state index contributed by atoms with van der Waals surface area (Å²) in [5, 5.41) is 10.9. The lowest BCUT2D eigenvalue weighted by molar-refractivity contribution is 0.743. The number of rotatable bonds is 7. The van der Waals surface area contributed by atoms with Crippen LogP contribution in [0.3, 0.4) is 0 Å². The Morgan fingerprint density at radius 2 is 2.22 bits per heavy atom. The van der Waals surface area contributed by atoms with E-state index >= 15 is 0 Å². The van der Waals surface area contributed by atoms with Crippen molar-refractivity contribution >= 4 is 33.5 Å². The van der Waals surface area contributed by atoms with Gasteiger partial charge in [-0.05, 0) is 17.9 Å². The highest BCUT2D eigenvalue weighted by atomic mass is 32.1. The van der Waals surface area contributed by atoms with Gasteiger partial charge in [-0.25, -0.2) is 4.98 Å². The van der Waals surface area contributed by atoms with Crippen molar-refractivity contribution in [1.82, 2.24) is 4.98 Å². The van der Waals surface area contributed by atoms with E-state index in [2.05, 4.69) is 40.1 Å². The molecule has 18 heavy (non-hydrogen) atoms. The molecule has 0 bridgehead atoms. The Bertz CT molecular complexity index is 463. The summed E-state index contributed by atoms with van der Waals surface area (Å²) in [6.45, 7) is 3.22. The summed E-state index contributed by atoms with van der Waals surface area (Å²) in [7, 11) is 1.95. The fraction of sp³-hybridized carbons (Fsp3) is 0.462. The van der Waals surface area contributed by atoms with Gasteiger partial charge in [0, 0.05) is 13.6 Å². The molecule has 0 spiro atoms. The summed E-state index contributed by atoms with van der Waals surface area (Å²) in [5.41, 5.74) is 0. The Morgan fingerprint density at radius 1 is 1.33 bits per heavy atom. The van der Waals surface area contributed by atoms with Gasteiger partial charge in [0.2, 0.25) is 0 Å². The molecule has 0 unspecified atom stereocenters. The van der Waals surface area contributed by atoms with Crippen molar-refractivity contribution in [2.75, 3.05) is 24.2 Å². The lowest BCUT2D eigenvalue weighted by atomic mass is 10.2. The van der Waals surface area contributed by atoms with Crippen LogP contribution in [-0.2, 0) is 0 Å². The maximum absolute atomic E-state index is 4.68. The SMILES string of the molecule is CCCCCNc1nc(-c2cccs2)sc1NC. The largest absolute Gasteiger partial charge is 0.377 e. The van der Waals surface area contributed by atoms with Crippen molar-refractivity contribution in [3.05, 3.63) is 17.5 Å². The molecule has 2 N–H and O–H groups in total. The zero-order valence-electron chi connectivity index (χ0n) is 10.8. The first-order valence-electron chi connectivity index (χ1n) is 6.31. The average molecular weight is 281 g/mol. The number of hydrogen-bond acceptors (Lipinski definition) is 5. The number of aromatic nitrogens is 1. The van der Waals surface area contributed by atoms with E-state index in [1.165, 1.54) is 24.1 Å². The molecule has 0 aliphatic heterocycles. The van der Waals surface area contributed by atoms with Gasteiger partial charge in [-0.15, -0.1) is 11.3 Å². The third-order valence-electron chi connectivity index (χ3n) is 2.66. The predicted molar refractivity (Wildman–Crippen MR) is 83.0 cm³/mol. The quantitative estimate of drug-likeness (QED) is 0.733. The molecule has 0 saturated carbocycles. The van der Waals surface area contributed by atoms with Crippen LogP contribution < -0.4 is 10.6 Å². The van der Waals surface area contributed by atoms with E-state index in [0.29, 0.717) is 0 Å². The topological polar surface area (TPSA) is 37.0 Å². The Kier molecular flexibility index (Phi) is 5.01. The summed E-state index contributed by atoms with van der Waals surface area (Å²) in [4.78, 5) is 5.91. The Labute approximate surface area is 116 Å². The molecule has 0 aromatic carbocycles. The third kappa shape index (κ3) is 3.23. The Morgan fingerprint density at radius 3 is 2.89 bits per heavy atom. The first kappa shape index (κ1) is 13.4. The maximum Gasteiger partial charge on any atom is 0.161 e. The molecule has 0 fully saturated rings. The van der Waals surface area contributed by atoms with Crippen LogP contribution in [0.1, 0.15) is 26.2 Å². The number of unbranched alkanes of at least 4 members (excludes halogenated alkanes) is 2. The zero-order valence-corrected chi connectivity index (χ0v) is 12.5. The van der Waals surface area contributed by atoms with Gasteiger partial charge < -0.3 is 10.6 Å². The van der Waals surface area contributed by atoms with Crippen LogP contribution in [0, 0.1) is 0 Å². The van der Waals surface area contributed by atoms with Crippen LogP contribution in [0.4, 0.5) is 10.8 Å². The fourth-order valence-electron chi connectivity index (χ4n) is 1.70. The second-order valence-corrected chi connectivity index (χ2v) is 6.00. The third-order valence-corrected chi connectivity index (χ3v) is 4.77. The molecular weight excluding hydrogens is 262 g/mol. The number of anilines is 2. The second kappa shape index (κ2) is 6.75. The Balaban J connectivity index is 2.05. The molecule has 0 amide bonds.